The lowest BCUT2D eigenvalue weighted by molar-refractivity contribution is 2.13. The summed E-state index contributed by atoms with van der Waals surface area (Å²) >= 11 is 7.81. The van der Waals surface area contributed by atoms with Crippen LogP contribution in [0.1, 0.15) is 0 Å². The second-order valence-corrected chi connectivity index (χ2v) is 2.20. The lowest BCUT2D eigenvalue weighted by Gasteiger charge is -1.25. The van der Waals surface area contributed by atoms with Gasteiger partial charge in [0.1, 0.15) is 0 Å². The maximum Gasteiger partial charge on any atom is 0.0397 e. The van der Waals surface area contributed by atoms with Gasteiger partial charge in [-0.2, -0.15) is 0 Å². The molecule has 0 radical (unpaired) electrons. The molecule has 0 atom stereocenters. The van der Waals surface area contributed by atoms with E-state index in [2.05, 4.69) is 24.1 Å². The molecule has 0 rings (SSSR count). The first-order valence-corrected chi connectivity index (χ1v) is 3.44. The van der Waals surface area contributed by atoms with Crippen LogP contribution >= 0.6 is 18.8 Å². The van der Waals surface area contributed by atoms with Gasteiger partial charge in [-0.15, -0.1) is 12.2 Å². The minimum absolute atomic E-state index is 0. The van der Waals surface area contributed by atoms with Gasteiger partial charge in [-0.3, -0.25) is 0 Å². The Kier molecular flexibility index (Phi) is 20.3. The van der Waals surface area contributed by atoms with Crippen molar-refractivity contribution in [3.63, 3.8) is 0 Å². The molecule has 1 nitrogen and oxygen atoms in total. The number of hydrogen-bond acceptors (Lipinski definition) is 1. The highest BCUT2D eigenvalue weighted by molar-refractivity contribution is 8.49. The van der Waals surface area contributed by atoms with Gasteiger partial charge in [0, 0.05) is 6.56 Å². The highest BCUT2D eigenvalue weighted by Crippen LogP contribution is 1.91. The van der Waals surface area contributed by atoms with Crippen LogP contribution in [0, 0.1) is 0 Å². The first-order chi connectivity index (χ1) is 1.41. The van der Waals surface area contributed by atoms with Gasteiger partial charge in [0.15, 0.2) is 0 Å². The van der Waals surface area contributed by atoms with E-state index in [-0.39, 0.29) is 6.15 Å². The lowest BCUT2D eigenvalue weighted by Crippen LogP contribution is -0.661. The summed E-state index contributed by atoms with van der Waals surface area (Å²) in [5.41, 5.74) is 0. The van der Waals surface area contributed by atoms with Crippen molar-refractivity contribution >= 4 is 30.6 Å². The fourth-order valence-electron chi connectivity index (χ4n) is 0. The molecule has 0 aliphatic heterocycles. The topological polar surface area (TPSA) is 36.5 Å². The molecule has 0 aliphatic carbocycles. The minimum Gasteiger partial charge on any atom is -0.369 e. The van der Waals surface area contributed by atoms with Crippen LogP contribution in [0.3, 0.4) is 0 Å². The molecule has 0 heterocycles. The van der Waals surface area contributed by atoms with E-state index in [9.17, 15) is 0 Å². The molecule has 0 saturated heterocycles. The molecule has 0 bridgehead atoms. The molecule has 0 unspecified atom stereocenters. The summed E-state index contributed by atoms with van der Waals surface area (Å²) in [7, 11) is 0. The fraction of sp³-hybridized carbons (Fsp3) is 0. The molecule has 4 heteroatoms. The monoisotopic (exact) mass is 114 g/mol. The van der Waals surface area contributed by atoms with Crippen LogP contribution in [0.4, 0.5) is 0 Å². The summed E-state index contributed by atoms with van der Waals surface area (Å²) in [5, 5.41) is 0. The number of thiol groups is 1. The Balaban J connectivity index is 0. The van der Waals surface area contributed by atoms with E-state index in [1.165, 1.54) is 0 Å². The Morgan fingerprint density at radius 2 is 1.75 bits per heavy atom. The van der Waals surface area contributed by atoms with Crippen molar-refractivity contribution in [3.05, 3.63) is 0 Å². The van der Waals surface area contributed by atoms with E-state index in [1.54, 1.807) is 0 Å². The van der Waals surface area contributed by atoms with Crippen LogP contribution in [0.25, 0.3) is 0 Å². The summed E-state index contributed by atoms with van der Waals surface area (Å²) in [4.78, 5) is 0. The van der Waals surface area contributed by atoms with Gasteiger partial charge < -0.3 is 6.15 Å². The SMILES string of the molecule is S=PS.[NH4+]. The Labute approximate surface area is 37.4 Å². The van der Waals surface area contributed by atoms with E-state index in [0.29, 0.717) is 6.56 Å². The van der Waals surface area contributed by atoms with Gasteiger partial charge in [0.05, 0.1) is 0 Å². The molecule has 0 aromatic carbocycles. The van der Waals surface area contributed by atoms with Crippen LogP contribution in [-0.2, 0) is 11.8 Å². The summed E-state index contributed by atoms with van der Waals surface area (Å²) in [5.74, 6) is 0. The fourth-order valence-corrected chi connectivity index (χ4v) is 0. The quantitative estimate of drug-likeness (QED) is 0.364. The van der Waals surface area contributed by atoms with Crippen LogP contribution in [0.2, 0.25) is 0 Å². The molecule has 0 fully saturated rings. The predicted molar refractivity (Wildman–Crippen MR) is 29.3 cm³/mol. The standard InChI is InChI=1S/H3N.HPS2/c;2-1-3/h1H3;(H,2,3)/p+1. The Bertz CT molecular complexity index is 13.5. The largest absolute Gasteiger partial charge is 0.369 e. The molecule has 26 valence electrons. The van der Waals surface area contributed by atoms with Crippen molar-refractivity contribution in [1.29, 1.82) is 0 Å². The number of quaternary nitrogens is 1. The first-order valence-electron chi connectivity index (χ1n) is 0.383. The second-order valence-electron chi connectivity index (χ2n) is 0.0816. The molecule has 0 aromatic rings. The minimum atomic E-state index is 0. The van der Waals surface area contributed by atoms with Gasteiger partial charge in [0.2, 0.25) is 0 Å². The van der Waals surface area contributed by atoms with Crippen LogP contribution in [0.15, 0.2) is 0 Å². The Morgan fingerprint density at radius 3 is 1.75 bits per heavy atom. The van der Waals surface area contributed by atoms with Crippen molar-refractivity contribution in [3.8, 4) is 0 Å². The molecule has 0 aliphatic rings. The van der Waals surface area contributed by atoms with Crippen LogP contribution < -0.4 is 6.15 Å². The molecule has 0 aromatic heterocycles. The van der Waals surface area contributed by atoms with Crippen molar-refractivity contribution in [2.45, 2.75) is 0 Å². The van der Waals surface area contributed by atoms with Gasteiger partial charge >= 0.3 is 0 Å². The molecule has 4 N–H and O–H groups in total. The predicted octanol–water partition coefficient (Wildman–Crippen LogP) is 1.62. The zero-order valence-electron chi connectivity index (χ0n) is 2.30. The normalized spacial score (nSPS) is 5.25. The third-order valence-corrected chi connectivity index (χ3v) is 0. The van der Waals surface area contributed by atoms with E-state index in [0.717, 1.165) is 0 Å². The smallest absolute Gasteiger partial charge is 0.0397 e. The van der Waals surface area contributed by atoms with Crippen molar-refractivity contribution in [1.82, 2.24) is 6.15 Å². The maximum atomic E-state index is 4.23. The average molecular weight is 114 g/mol. The molecule has 0 saturated carbocycles. The molecule has 0 amide bonds. The third-order valence-electron chi connectivity index (χ3n) is 0. The summed E-state index contributed by atoms with van der Waals surface area (Å²) < 4.78 is 0. The van der Waals surface area contributed by atoms with E-state index in [1.807, 2.05) is 0 Å². The van der Waals surface area contributed by atoms with Gasteiger partial charge in [0.25, 0.3) is 0 Å². The molecular weight excluding hydrogens is 109 g/mol. The lowest BCUT2D eigenvalue weighted by atomic mass is 14.0. The van der Waals surface area contributed by atoms with Crippen LogP contribution in [0.5, 0.6) is 0 Å². The maximum absolute atomic E-state index is 4.23. The Morgan fingerprint density at radius 1 is 1.75 bits per heavy atom. The summed E-state index contributed by atoms with van der Waals surface area (Å²) in [6.07, 6.45) is 0. The molecule has 4 heavy (non-hydrogen) atoms. The van der Waals surface area contributed by atoms with E-state index in [4.69, 9.17) is 0 Å². The highest BCUT2D eigenvalue weighted by Gasteiger charge is 1.20. The van der Waals surface area contributed by atoms with Gasteiger partial charge in [-0.05, 0) is 11.8 Å². The van der Waals surface area contributed by atoms with Crippen molar-refractivity contribution < 1.29 is 0 Å². The van der Waals surface area contributed by atoms with E-state index < -0.39 is 0 Å². The summed E-state index contributed by atoms with van der Waals surface area (Å²) in [6, 6.07) is 0. The van der Waals surface area contributed by atoms with Crippen molar-refractivity contribution in [2.75, 3.05) is 0 Å². The average Bonchev–Trinajstić information content (AvgIpc) is 0.918. The Hall–Kier alpha value is 0.830. The van der Waals surface area contributed by atoms with E-state index >= 15 is 0 Å². The molecule has 0 spiro atoms. The summed E-state index contributed by atoms with van der Waals surface area (Å²) in [6.45, 7) is 0.694. The van der Waals surface area contributed by atoms with Gasteiger partial charge in [-0.25, -0.2) is 0 Å². The zero-order chi connectivity index (χ0) is 2.71. The second kappa shape index (κ2) is 9.16. The number of rotatable bonds is 0. The van der Waals surface area contributed by atoms with Gasteiger partial charge in [-0.1, -0.05) is 0 Å². The highest BCUT2D eigenvalue weighted by atomic mass is 32.9. The third kappa shape index (κ3) is 13.8. The van der Waals surface area contributed by atoms with Crippen molar-refractivity contribution in [2.24, 2.45) is 0 Å². The molecular formula is H5NPS2+. The van der Waals surface area contributed by atoms with Crippen LogP contribution in [-0.4, -0.2) is 0 Å². The zero-order valence-corrected chi connectivity index (χ0v) is 4.91. The first kappa shape index (κ1) is 8.85. The number of hydrogen-bond donors (Lipinski definition) is 2.